The number of nitrogens with one attached hydrogen (secondary N) is 1. The Kier molecular flexibility index (Phi) is 3.81. The molecule has 0 spiro atoms. The van der Waals surface area contributed by atoms with Gasteiger partial charge in [-0.15, -0.1) is 0 Å². The lowest BCUT2D eigenvalue weighted by atomic mass is 9.87. The van der Waals surface area contributed by atoms with Crippen LogP contribution < -0.4 is 5.32 Å². The maximum Gasteiger partial charge on any atom is 0.138 e. The minimum atomic E-state index is 0.641. The van der Waals surface area contributed by atoms with Crippen molar-refractivity contribution in [2.75, 3.05) is 5.32 Å². The number of hydrogen-bond donors (Lipinski definition) is 1. The molecule has 0 aliphatic heterocycles. The van der Waals surface area contributed by atoms with Gasteiger partial charge < -0.3 is 5.32 Å². The highest BCUT2D eigenvalue weighted by Crippen LogP contribution is 2.37. The van der Waals surface area contributed by atoms with Crippen molar-refractivity contribution < 1.29 is 0 Å². The van der Waals surface area contributed by atoms with Crippen LogP contribution in [0, 0.1) is 6.92 Å². The largest absolute Gasteiger partial charge is 0.367 e. The van der Waals surface area contributed by atoms with Crippen molar-refractivity contribution in [2.45, 2.75) is 76.7 Å². The topological polar surface area (TPSA) is 29.3 Å². The van der Waals surface area contributed by atoms with Crippen LogP contribution in [-0.4, -0.2) is 15.4 Å². The second-order valence-electron chi connectivity index (χ2n) is 7.17. The van der Waals surface area contributed by atoms with Crippen LogP contribution in [0.4, 0.5) is 5.82 Å². The highest BCUT2D eigenvalue weighted by atomic mass is 15.2. The molecule has 3 nitrogen and oxygen atoms in total. The molecule has 0 aromatic carbocycles. The van der Waals surface area contributed by atoms with Crippen molar-refractivity contribution >= 4 is 11.5 Å². The third kappa shape index (κ3) is 2.51. The maximum absolute atomic E-state index is 5.04. The fourth-order valence-electron chi connectivity index (χ4n) is 4.33. The Morgan fingerprint density at radius 1 is 1.00 bits per heavy atom. The predicted molar refractivity (Wildman–Crippen MR) is 91.6 cm³/mol. The maximum atomic E-state index is 5.04. The first-order valence-corrected chi connectivity index (χ1v) is 9.07. The quantitative estimate of drug-likeness (QED) is 0.859. The Morgan fingerprint density at radius 2 is 1.73 bits per heavy atom. The van der Waals surface area contributed by atoms with Crippen LogP contribution in [0.1, 0.15) is 75.1 Å². The second kappa shape index (κ2) is 5.94. The van der Waals surface area contributed by atoms with Crippen molar-refractivity contribution in [3.05, 3.63) is 29.6 Å². The number of hydrogen-bond acceptors (Lipinski definition) is 2. The molecule has 1 N–H and O–H groups in total. The summed E-state index contributed by atoms with van der Waals surface area (Å²) in [6.07, 6.45) is 12.1. The molecule has 2 aliphatic carbocycles. The van der Waals surface area contributed by atoms with Gasteiger partial charge in [-0.05, 0) is 44.7 Å². The lowest BCUT2D eigenvalue weighted by Crippen LogP contribution is -2.18. The smallest absolute Gasteiger partial charge is 0.138 e. The van der Waals surface area contributed by atoms with Crippen LogP contribution in [0.3, 0.4) is 0 Å². The van der Waals surface area contributed by atoms with Crippen LogP contribution in [0.5, 0.6) is 0 Å². The molecule has 118 valence electrons. The third-order valence-corrected chi connectivity index (χ3v) is 5.55. The monoisotopic (exact) mass is 297 g/mol. The van der Waals surface area contributed by atoms with Gasteiger partial charge in [-0.2, -0.15) is 0 Å². The number of rotatable bonds is 3. The summed E-state index contributed by atoms with van der Waals surface area (Å²) in [7, 11) is 0. The van der Waals surface area contributed by atoms with E-state index in [4.69, 9.17) is 4.98 Å². The van der Waals surface area contributed by atoms with Crippen LogP contribution in [0.25, 0.3) is 5.65 Å². The zero-order valence-electron chi connectivity index (χ0n) is 13.6. The molecule has 2 fully saturated rings. The Morgan fingerprint density at radius 3 is 2.50 bits per heavy atom. The van der Waals surface area contributed by atoms with Crippen molar-refractivity contribution in [1.29, 1.82) is 0 Å². The van der Waals surface area contributed by atoms with E-state index in [1.807, 2.05) is 0 Å². The lowest BCUT2D eigenvalue weighted by Gasteiger charge is -2.23. The first-order chi connectivity index (χ1) is 10.8. The Hall–Kier alpha value is -1.51. The van der Waals surface area contributed by atoms with Gasteiger partial charge in [0, 0.05) is 17.7 Å². The number of fused-ring (bicyclic) bond motifs is 1. The summed E-state index contributed by atoms with van der Waals surface area (Å²) < 4.78 is 2.35. The highest BCUT2D eigenvalue weighted by molar-refractivity contribution is 5.58. The van der Waals surface area contributed by atoms with Gasteiger partial charge in [0.25, 0.3) is 0 Å². The van der Waals surface area contributed by atoms with Gasteiger partial charge in [-0.1, -0.05) is 38.2 Å². The fourth-order valence-corrected chi connectivity index (χ4v) is 4.33. The minimum Gasteiger partial charge on any atom is -0.367 e. The van der Waals surface area contributed by atoms with Crippen molar-refractivity contribution in [3.8, 4) is 0 Å². The SMILES string of the molecule is Cc1cccc2nc(C3CCCCC3)c(NC3CCCC3)n12. The van der Waals surface area contributed by atoms with E-state index in [0.29, 0.717) is 12.0 Å². The number of aromatic nitrogens is 2. The van der Waals surface area contributed by atoms with E-state index in [-0.39, 0.29) is 0 Å². The van der Waals surface area contributed by atoms with Crippen LogP contribution >= 0.6 is 0 Å². The number of aryl methyl sites for hydroxylation is 1. The van der Waals surface area contributed by atoms with Gasteiger partial charge in [0.1, 0.15) is 11.5 Å². The molecule has 2 aromatic rings. The Labute approximate surface area is 133 Å². The first kappa shape index (κ1) is 14.1. The standard InChI is InChI=1S/C19H27N3/c1-14-8-7-13-17-21-18(15-9-3-2-4-10-15)19(22(14)17)20-16-11-5-6-12-16/h7-8,13,15-16,20H,2-6,9-12H2,1H3. The molecule has 22 heavy (non-hydrogen) atoms. The Bertz CT molecular complexity index is 646. The highest BCUT2D eigenvalue weighted by Gasteiger charge is 2.26. The fraction of sp³-hybridized carbons (Fsp3) is 0.632. The summed E-state index contributed by atoms with van der Waals surface area (Å²) in [4.78, 5) is 5.04. The lowest BCUT2D eigenvalue weighted by molar-refractivity contribution is 0.438. The Balaban J connectivity index is 1.77. The van der Waals surface area contributed by atoms with Crippen LogP contribution in [0.2, 0.25) is 0 Å². The molecule has 2 aromatic heterocycles. The zero-order valence-corrected chi connectivity index (χ0v) is 13.6. The second-order valence-corrected chi connectivity index (χ2v) is 7.17. The van der Waals surface area contributed by atoms with E-state index in [1.54, 1.807) is 0 Å². The summed E-state index contributed by atoms with van der Waals surface area (Å²) in [5, 5.41) is 3.87. The van der Waals surface area contributed by atoms with Gasteiger partial charge in [0.15, 0.2) is 0 Å². The molecule has 0 atom stereocenters. The van der Waals surface area contributed by atoms with E-state index >= 15 is 0 Å². The average Bonchev–Trinajstić information content (AvgIpc) is 3.17. The molecule has 4 rings (SSSR count). The molecule has 2 heterocycles. The van der Waals surface area contributed by atoms with Crippen molar-refractivity contribution in [3.63, 3.8) is 0 Å². The minimum absolute atomic E-state index is 0.641. The summed E-state index contributed by atoms with van der Waals surface area (Å²) in [6.45, 7) is 2.19. The summed E-state index contributed by atoms with van der Waals surface area (Å²) in [5.41, 5.74) is 3.73. The predicted octanol–water partition coefficient (Wildman–Crippen LogP) is 5.04. The number of imidazole rings is 1. The van der Waals surface area contributed by atoms with Gasteiger partial charge in [-0.25, -0.2) is 4.98 Å². The molecule has 2 saturated carbocycles. The molecular weight excluding hydrogens is 270 g/mol. The van der Waals surface area contributed by atoms with Crippen molar-refractivity contribution in [2.24, 2.45) is 0 Å². The average molecular weight is 297 g/mol. The molecular formula is C19H27N3. The third-order valence-electron chi connectivity index (χ3n) is 5.55. The van der Waals surface area contributed by atoms with Gasteiger partial charge in [0.05, 0.1) is 5.69 Å². The van der Waals surface area contributed by atoms with E-state index in [1.165, 1.54) is 75.0 Å². The summed E-state index contributed by atoms with van der Waals surface area (Å²) in [5.74, 6) is 1.95. The number of pyridine rings is 1. The van der Waals surface area contributed by atoms with Gasteiger partial charge >= 0.3 is 0 Å². The number of anilines is 1. The molecule has 0 bridgehead atoms. The number of nitrogens with zero attached hydrogens (tertiary/aromatic N) is 2. The van der Waals surface area contributed by atoms with E-state index in [0.717, 1.165) is 5.65 Å². The summed E-state index contributed by atoms with van der Waals surface area (Å²) >= 11 is 0. The van der Waals surface area contributed by atoms with E-state index in [2.05, 4.69) is 34.8 Å². The summed E-state index contributed by atoms with van der Waals surface area (Å²) in [6, 6.07) is 7.11. The first-order valence-electron chi connectivity index (χ1n) is 9.07. The molecule has 0 amide bonds. The van der Waals surface area contributed by atoms with Gasteiger partial charge in [-0.3, -0.25) is 4.40 Å². The normalized spacial score (nSPS) is 20.8. The molecule has 2 aliphatic rings. The van der Waals surface area contributed by atoms with Crippen molar-refractivity contribution in [1.82, 2.24) is 9.38 Å². The van der Waals surface area contributed by atoms with Gasteiger partial charge in [0.2, 0.25) is 0 Å². The van der Waals surface area contributed by atoms with Crippen LogP contribution in [-0.2, 0) is 0 Å². The van der Waals surface area contributed by atoms with Crippen LogP contribution in [0.15, 0.2) is 18.2 Å². The molecule has 0 radical (unpaired) electrons. The zero-order chi connectivity index (χ0) is 14.9. The van der Waals surface area contributed by atoms with E-state index in [9.17, 15) is 0 Å². The van der Waals surface area contributed by atoms with E-state index < -0.39 is 0 Å². The molecule has 0 saturated heterocycles. The molecule has 3 heteroatoms. The molecule has 0 unspecified atom stereocenters.